The monoisotopic (exact) mass is 293 g/mol. The smallest absolute Gasteiger partial charge is 0.334 e. The summed E-state index contributed by atoms with van der Waals surface area (Å²) < 4.78 is 1.69. The van der Waals surface area contributed by atoms with Crippen molar-refractivity contribution in [2.24, 2.45) is 18.9 Å². The maximum absolute atomic E-state index is 11.6. The van der Waals surface area contributed by atoms with E-state index in [2.05, 4.69) is 22.2 Å². The van der Waals surface area contributed by atoms with Gasteiger partial charge in [0.2, 0.25) is 5.82 Å². The van der Waals surface area contributed by atoms with Crippen LogP contribution in [0.2, 0.25) is 0 Å². The van der Waals surface area contributed by atoms with Crippen molar-refractivity contribution in [1.82, 2.24) is 15.1 Å². The predicted octanol–water partition coefficient (Wildman–Crippen LogP) is 1.50. The van der Waals surface area contributed by atoms with Crippen LogP contribution < -0.4 is 10.2 Å². The van der Waals surface area contributed by atoms with Gasteiger partial charge in [0.1, 0.15) is 5.69 Å². The Morgan fingerprint density at radius 3 is 2.71 bits per heavy atom. The van der Waals surface area contributed by atoms with Gasteiger partial charge in [0.05, 0.1) is 4.92 Å². The highest BCUT2D eigenvalue weighted by Gasteiger charge is 2.45. The highest BCUT2D eigenvalue weighted by Crippen LogP contribution is 2.42. The molecule has 0 spiro atoms. The molecule has 3 unspecified atom stereocenters. The van der Waals surface area contributed by atoms with Crippen LogP contribution in [0.3, 0.4) is 0 Å². The summed E-state index contributed by atoms with van der Waals surface area (Å²) in [6.07, 6.45) is 0. The highest BCUT2D eigenvalue weighted by atomic mass is 16.6. The zero-order valence-electron chi connectivity index (χ0n) is 13.0. The van der Waals surface area contributed by atoms with Crippen molar-refractivity contribution in [3.05, 3.63) is 15.8 Å². The quantitative estimate of drug-likeness (QED) is 0.675. The first-order valence-electron chi connectivity index (χ1n) is 7.60. The summed E-state index contributed by atoms with van der Waals surface area (Å²) in [6, 6.07) is 0.305. The van der Waals surface area contributed by atoms with Gasteiger partial charge in [-0.2, -0.15) is 5.10 Å². The Labute approximate surface area is 124 Å². The molecular formula is C14H23N5O2. The van der Waals surface area contributed by atoms with E-state index in [-0.39, 0.29) is 16.5 Å². The molecule has 7 nitrogen and oxygen atoms in total. The molecule has 2 fully saturated rings. The number of nitrogens with zero attached hydrogens (tertiary/aromatic N) is 4. The highest BCUT2D eigenvalue weighted by molar-refractivity contribution is 5.63. The van der Waals surface area contributed by atoms with E-state index in [0.717, 1.165) is 19.6 Å². The average Bonchev–Trinajstić information content (AvgIpc) is 3.04. The molecule has 2 saturated heterocycles. The SMILES string of the molecule is CC(C)c1nn(C)c(N2CC3CNCC3C2C)c1[N+](=O)[O-]. The van der Waals surface area contributed by atoms with Gasteiger partial charge >= 0.3 is 5.69 Å². The second-order valence-corrected chi connectivity index (χ2v) is 6.57. The summed E-state index contributed by atoms with van der Waals surface area (Å²) in [5, 5.41) is 19.4. The lowest BCUT2D eigenvalue weighted by molar-refractivity contribution is -0.385. The summed E-state index contributed by atoms with van der Waals surface area (Å²) in [5.74, 6) is 1.87. The van der Waals surface area contributed by atoms with Gasteiger partial charge in [-0.3, -0.25) is 10.1 Å². The lowest BCUT2D eigenvalue weighted by atomic mass is 9.95. The second-order valence-electron chi connectivity index (χ2n) is 6.57. The third kappa shape index (κ3) is 2.10. The molecule has 1 aromatic heterocycles. The van der Waals surface area contributed by atoms with E-state index in [4.69, 9.17) is 0 Å². The van der Waals surface area contributed by atoms with Crippen LogP contribution in [0.1, 0.15) is 32.4 Å². The second kappa shape index (κ2) is 4.98. The summed E-state index contributed by atoms with van der Waals surface area (Å²) in [4.78, 5) is 13.5. The van der Waals surface area contributed by atoms with Crippen LogP contribution in [-0.2, 0) is 7.05 Å². The van der Waals surface area contributed by atoms with E-state index < -0.39 is 0 Å². The topological polar surface area (TPSA) is 76.2 Å². The van der Waals surface area contributed by atoms with Crippen LogP contribution in [0.4, 0.5) is 11.5 Å². The Balaban J connectivity index is 2.04. The number of nitrogens with one attached hydrogen (secondary N) is 1. The van der Waals surface area contributed by atoms with Crippen LogP contribution >= 0.6 is 0 Å². The third-order valence-corrected chi connectivity index (χ3v) is 4.95. The van der Waals surface area contributed by atoms with Crippen LogP contribution in [0.15, 0.2) is 0 Å². The number of hydrogen-bond donors (Lipinski definition) is 1. The molecule has 0 saturated carbocycles. The largest absolute Gasteiger partial charge is 0.348 e. The fourth-order valence-electron chi connectivity index (χ4n) is 3.86. The lowest BCUT2D eigenvalue weighted by Gasteiger charge is -2.25. The van der Waals surface area contributed by atoms with Gasteiger partial charge in [0.25, 0.3) is 0 Å². The number of anilines is 1. The molecule has 2 aliphatic rings. The summed E-state index contributed by atoms with van der Waals surface area (Å²) in [7, 11) is 1.81. The summed E-state index contributed by atoms with van der Waals surface area (Å²) >= 11 is 0. The molecule has 2 aliphatic heterocycles. The number of rotatable bonds is 3. The van der Waals surface area contributed by atoms with Crippen molar-refractivity contribution in [1.29, 1.82) is 0 Å². The van der Waals surface area contributed by atoms with E-state index in [1.165, 1.54) is 0 Å². The van der Waals surface area contributed by atoms with Gasteiger partial charge in [0, 0.05) is 38.6 Å². The van der Waals surface area contributed by atoms with Crippen LogP contribution in [0, 0.1) is 22.0 Å². The Morgan fingerprint density at radius 2 is 2.14 bits per heavy atom. The number of hydrogen-bond acceptors (Lipinski definition) is 5. The standard InChI is InChI=1S/C14H23N5O2/c1-8(2)12-13(19(20)21)14(17(4)16-12)18-7-10-5-15-6-11(10)9(18)3/h8-11,15H,5-7H2,1-4H3. The zero-order valence-corrected chi connectivity index (χ0v) is 13.0. The van der Waals surface area contributed by atoms with E-state index in [9.17, 15) is 10.1 Å². The fraction of sp³-hybridized carbons (Fsp3) is 0.786. The molecule has 0 amide bonds. The number of nitro groups is 1. The molecule has 0 bridgehead atoms. The van der Waals surface area contributed by atoms with E-state index in [1.54, 1.807) is 4.68 Å². The Morgan fingerprint density at radius 1 is 1.43 bits per heavy atom. The van der Waals surface area contributed by atoms with Gasteiger partial charge < -0.3 is 10.2 Å². The lowest BCUT2D eigenvalue weighted by Crippen LogP contribution is -2.34. The number of aromatic nitrogens is 2. The van der Waals surface area contributed by atoms with Crippen LogP contribution in [0.25, 0.3) is 0 Å². The Hall–Kier alpha value is -1.63. The first kappa shape index (κ1) is 14.3. The molecule has 21 heavy (non-hydrogen) atoms. The molecule has 3 rings (SSSR count). The molecule has 0 aliphatic carbocycles. The zero-order chi connectivity index (χ0) is 15.3. The molecular weight excluding hydrogens is 270 g/mol. The predicted molar refractivity (Wildman–Crippen MR) is 80.6 cm³/mol. The molecule has 116 valence electrons. The molecule has 3 atom stereocenters. The first-order chi connectivity index (χ1) is 9.91. The van der Waals surface area contributed by atoms with E-state index in [1.807, 2.05) is 20.9 Å². The maximum Gasteiger partial charge on any atom is 0.334 e. The number of fused-ring (bicyclic) bond motifs is 1. The Kier molecular flexibility index (Phi) is 3.39. The maximum atomic E-state index is 11.6. The van der Waals surface area contributed by atoms with Gasteiger partial charge in [-0.05, 0) is 18.8 Å². The molecule has 7 heteroatoms. The summed E-state index contributed by atoms with van der Waals surface area (Å²) in [6.45, 7) is 8.95. The fourth-order valence-corrected chi connectivity index (χ4v) is 3.86. The molecule has 0 radical (unpaired) electrons. The summed E-state index contributed by atoms with van der Waals surface area (Å²) in [5.41, 5.74) is 0.771. The number of aryl methyl sites for hydroxylation is 1. The molecule has 3 heterocycles. The minimum absolute atomic E-state index is 0.0458. The average molecular weight is 293 g/mol. The normalized spacial score (nSPS) is 28.4. The van der Waals surface area contributed by atoms with Crippen molar-refractivity contribution >= 4 is 11.5 Å². The van der Waals surface area contributed by atoms with Crippen LogP contribution in [0.5, 0.6) is 0 Å². The van der Waals surface area contributed by atoms with E-state index in [0.29, 0.717) is 29.4 Å². The van der Waals surface area contributed by atoms with Crippen LogP contribution in [-0.4, -0.2) is 40.4 Å². The molecule has 1 aromatic rings. The van der Waals surface area contributed by atoms with Gasteiger partial charge in [-0.25, -0.2) is 4.68 Å². The van der Waals surface area contributed by atoms with Crippen molar-refractivity contribution < 1.29 is 4.92 Å². The van der Waals surface area contributed by atoms with E-state index >= 15 is 0 Å². The van der Waals surface area contributed by atoms with Gasteiger partial charge in [-0.15, -0.1) is 0 Å². The minimum atomic E-state index is -0.267. The van der Waals surface area contributed by atoms with Crippen molar-refractivity contribution in [3.63, 3.8) is 0 Å². The van der Waals surface area contributed by atoms with Crippen molar-refractivity contribution in [2.75, 3.05) is 24.5 Å². The molecule has 1 N–H and O–H groups in total. The minimum Gasteiger partial charge on any atom is -0.348 e. The van der Waals surface area contributed by atoms with Gasteiger partial charge in [0.15, 0.2) is 0 Å². The van der Waals surface area contributed by atoms with Crippen molar-refractivity contribution in [3.8, 4) is 0 Å². The first-order valence-corrected chi connectivity index (χ1v) is 7.60. The van der Waals surface area contributed by atoms with Gasteiger partial charge in [-0.1, -0.05) is 13.8 Å². The molecule has 0 aromatic carbocycles. The third-order valence-electron chi connectivity index (χ3n) is 4.95. The Bertz CT molecular complexity index is 568. The van der Waals surface area contributed by atoms with Crippen molar-refractivity contribution in [2.45, 2.75) is 32.7 Å².